The van der Waals surface area contributed by atoms with Gasteiger partial charge in [-0.05, 0) is 24.6 Å². The smallest absolute Gasteiger partial charge is 0.310 e. The fourth-order valence-electron chi connectivity index (χ4n) is 3.65. The quantitative estimate of drug-likeness (QED) is 0.585. The minimum Gasteiger partial charge on any atom is -0.479 e. The molecule has 0 saturated carbocycles. The standard InChI is InChI=1S/C21H17N3O6/c22-10-13-19(20-15(25)5-3-7-17(20)30-21(13)23)18-9-8-12(29-18)11-28-16-6-2-1-4-14(16)24(26)27/h1-2,4,6,8-9,19H,3,5,7,11,23H2/t19-/m0/s1. The van der Waals surface area contributed by atoms with Crippen LogP contribution in [0, 0.1) is 21.4 Å². The van der Waals surface area contributed by atoms with Gasteiger partial charge in [0.05, 0.1) is 10.8 Å². The summed E-state index contributed by atoms with van der Waals surface area (Å²) >= 11 is 0. The molecule has 0 unspecified atom stereocenters. The highest BCUT2D eigenvalue weighted by molar-refractivity contribution is 5.99. The summed E-state index contributed by atoms with van der Waals surface area (Å²) < 4.78 is 16.9. The van der Waals surface area contributed by atoms with Crippen molar-refractivity contribution < 1.29 is 23.6 Å². The second-order valence-corrected chi connectivity index (χ2v) is 6.86. The van der Waals surface area contributed by atoms with Gasteiger partial charge in [-0.25, -0.2) is 0 Å². The number of hydrogen-bond acceptors (Lipinski definition) is 8. The lowest BCUT2D eigenvalue weighted by molar-refractivity contribution is -0.386. The molecule has 0 amide bonds. The average Bonchev–Trinajstić information content (AvgIpc) is 3.20. The van der Waals surface area contributed by atoms with Crippen molar-refractivity contribution >= 4 is 11.5 Å². The number of allylic oxidation sites excluding steroid dienone is 3. The number of nitro groups is 1. The maximum absolute atomic E-state index is 12.6. The van der Waals surface area contributed by atoms with Crippen LogP contribution in [-0.2, 0) is 16.1 Å². The number of benzene rings is 1. The van der Waals surface area contributed by atoms with Crippen molar-refractivity contribution in [3.05, 3.63) is 80.8 Å². The van der Waals surface area contributed by atoms with E-state index in [4.69, 9.17) is 19.6 Å². The first-order valence-electron chi connectivity index (χ1n) is 9.28. The van der Waals surface area contributed by atoms with Gasteiger partial charge in [0.2, 0.25) is 5.88 Å². The van der Waals surface area contributed by atoms with E-state index in [1.165, 1.54) is 12.1 Å². The molecule has 30 heavy (non-hydrogen) atoms. The lowest BCUT2D eigenvalue weighted by atomic mass is 9.80. The van der Waals surface area contributed by atoms with Gasteiger partial charge < -0.3 is 19.6 Å². The Bertz CT molecular complexity index is 1140. The van der Waals surface area contributed by atoms with Crippen LogP contribution in [0.2, 0.25) is 0 Å². The molecule has 0 saturated heterocycles. The molecule has 0 bridgehead atoms. The van der Waals surface area contributed by atoms with Gasteiger partial charge in [-0.3, -0.25) is 14.9 Å². The van der Waals surface area contributed by atoms with Crippen molar-refractivity contribution in [1.29, 1.82) is 5.26 Å². The Hall–Kier alpha value is -4.06. The van der Waals surface area contributed by atoms with E-state index >= 15 is 0 Å². The third-order valence-corrected chi connectivity index (χ3v) is 5.00. The van der Waals surface area contributed by atoms with Gasteiger partial charge in [-0.15, -0.1) is 0 Å². The van der Waals surface area contributed by atoms with E-state index in [1.807, 2.05) is 6.07 Å². The number of Topliss-reactive ketones (excluding diaryl/α,β-unsaturated/α-hetero) is 1. The highest BCUT2D eigenvalue weighted by Crippen LogP contribution is 2.43. The Kier molecular flexibility index (Phi) is 4.98. The van der Waals surface area contributed by atoms with Crippen LogP contribution in [0.15, 0.2) is 63.6 Å². The lowest BCUT2D eigenvalue weighted by Crippen LogP contribution is -2.27. The molecule has 9 heteroatoms. The number of carbonyl (C=O) groups excluding carboxylic acids is 1. The molecule has 1 aromatic heterocycles. The molecule has 2 heterocycles. The van der Waals surface area contributed by atoms with Gasteiger partial charge in [-0.2, -0.15) is 5.26 Å². The van der Waals surface area contributed by atoms with Gasteiger partial charge in [0.1, 0.15) is 35.5 Å². The summed E-state index contributed by atoms with van der Waals surface area (Å²) in [6, 6.07) is 11.3. The fraction of sp³-hybridized carbons (Fsp3) is 0.238. The highest BCUT2D eigenvalue weighted by atomic mass is 16.6. The molecule has 9 nitrogen and oxygen atoms in total. The average molecular weight is 407 g/mol. The SMILES string of the molecule is N#CC1=C(N)OC2=C(C(=O)CCC2)[C@@H]1c1ccc(COc2ccccc2[N+](=O)[O-])o1. The predicted molar refractivity (Wildman–Crippen MR) is 103 cm³/mol. The van der Waals surface area contributed by atoms with E-state index in [0.717, 1.165) is 0 Å². The molecule has 2 N–H and O–H groups in total. The van der Waals surface area contributed by atoms with Gasteiger partial charge in [0.25, 0.3) is 0 Å². The number of furan rings is 1. The summed E-state index contributed by atoms with van der Waals surface area (Å²) in [6.07, 6.45) is 1.59. The van der Waals surface area contributed by atoms with Crippen LogP contribution in [-0.4, -0.2) is 10.7 Å². The number of para-hydroxylation sites is 2. The molecular formula is C21H17N3O6. The van der Waals surface area contributed by atoms with E-state index in [0.29, 0.717) is 42.1 Å². The molecule has 4 rings (SSSR count). The number of rotatable bonds is 5. The van der Waals surface area contributed by atoms with Crippen LogP contribution < -0.4 is 10.5 Å². The van der Waals surface area contributed by atoms with Crippen molar-refractivity contribution in [2.24, 2.45) is 5.73 Å². The van der Waals surface area contributed by atoms with Crippen LogP contribution in [0.1, 0.15) is 36.7 Å². The van der Waals surface area contributed by atoms with Crippen LogP contribution in [0.25, 0.3) is 0 Å². The zero-order valence-corrected chi connectivity index (χ0v) is 15.8. The first-order chi connectivity index (χ1) is 14.5. The third-order valence-electron chi connectivity index (χ3n) is 5.00. The Labute approximate surface area is 171 Å². The molecule has 2 aromatic rings. The highest BCUT2D eigenvalue weighted by Gasteiger charge is 2.39. The number of ether oxygens (including phenoxy) is 2. The predicted octanol–water partition coefficient (Wildman–Crippen LogP) is 3.58. The van der Waals surface area contributed by atoms with Crippen molar-refractivity contribution in [3.63, 3.8) is 0 Å². The number of nitrogens with zero attached hydrogens (tertiary/aromatic N) is 2. The van der Waals surface area contributed by atoms with Crippen LogP contribution in [0.3, 0.4) is 0 Å². The Morgan fingerprint density at radius 2 is 2.07 bits per heavy atom. The van der Waals surface area contributed by atoms with Gasteiger partial charge in [-0.1, -0.05) is 12.1 Å². The van der Waals surface area contributed by atoms with Crippen LogP contribution >= 0.6 is 0 Å². The minimum atomic E-state index is -0.744. The van der Waals surface area contributed by atoms with Crippen LogP contribution in [0.4, 0.5) is 5.69 Å². The van der Waals surface area contributed by atoms with E-state index < -0.39 is 10.8 Å². The zero-order valence-electron chi connectivity index (χ0n) is 15.8. The normalized spacial score (nSPS) is 18.5. The molecule has 1 atom stereocenters. The van der Waals surface area contributed by atoms with E-state index in [-0.39, 0.29) is 35.3 Å². The zero-order chi connectivity index (χ0) is 21.3. The van der Waals surface area contributed by atoms with Gasteiger partial charge in [0.15, 0.2) is 11.5 Å². The summed E-state index contributed by atoms with van der Waals surface area (Å²) in [5, 5.41) is 20.7. The molecule has 152 valence electrons. The number of nitriles is 1. The molecule has 1 aromatic carbocycles. The second-order valence-electron chi connectivity index (χ2n) is 6.86. The number of hydrogen-bond donors (Lipinski definition) is 1. The largest absolute Gasteiger partial charge is 0.479 e. The van der Waals surface area contributed by atoms with E-state index in [2.05, 4.69) is 0 Å². The summed E-state index contributed by atoms with van der Waals surface area (Å²) in [4.78, 5) is 23.1. The third kappa shape index (κ3) is 3.39. The Balaban J connectivity index is 1.62. The van der Waals surface area contributed by atoms with Crippen molar-refractivity contribution in [3.8, 4) is 11.8 Å². The maximum Gasteiger partial charge on any atom is 0.310 e. The second kappa shape index (κ2) is 7.75. The summed E-state index contributed by atoms with van der Waals surface area (Å²) in [5.74, 6) is 0.451. The molecule has 0 fully saturated rings. The molecule has 2 aliphatic rings. The van der Waals surface area contributed by atoms with Crippen molar-refractivity contribution in [2.75, 3.05) is 0 Å². The first kappa shape index (κ1) is 19.3. The topological polar surface area (TPSA) is 142 Å². The van der Waals surface area contributed by atoms with Gasteiger partial charge >= 0.3 is 5.69 Å². The number of carbonyl (C=O) groups is 1. The van der Waals surface area contributed by atoms with Crippen molar-refractivity contribution in [1.82, 2.24) is 0 Å². The Morgan fingerprint density at radius 3 is 2.83 bits per heavy atom. The molecule has 0 radical (unpaired) electrons. The number of ketones is 1. The minimum absolute atomic E-state index is 0.0370. The summed E-state index contributed by atoms with van der Waals surface area (Å²) in [6.45, 7) is -0.0605. The molecule has 1 aliphatic heterocycles. The van der Waals surface area contributed by atoms with Crippen LogP contribution in [0.5, 0.6) is 5.75 Å². The molecular weight excluding hydrogens is 390 g/mol. The van der Waals surface area contributed by atoms with E-state index in [1.54, 1.807) is 24.3 Å². The summed E-state index contributed by atoms with van der Waals surface area (Å²) in [5.41, 5.74) is 6.27. The monoisotopic (exact) mass is 407 g/mol. The fourth-order valence-corrected chi connectivity index (χ4v) is 3.65. The van der Waals surface area contributed by atoms with Gasteiger partial charge in [0, 0.05) is 24.5 Å². The first-order valence-corrected chi connectivity index (χ1v) is 9.28. The number of nitrogens with two attached hydrogens (primary N) is 1. The number of nitro benzene ring substituents is 1. The Morgan fingerprint density at radius 1 is 1.27 bits per heavy atom. The summed E-state index contributed by atoms with van der Waals surface area (Å²) in [7, 11) is 0. The maximum atomic E-state index is 12.6. The molecule has 1 aliphatic carbocycles. The molecule has 0 spiro atoms. The van der Waals surface area contributed by atoms with E-state index in [9.17, 15) is 20.2 Å². The lowest BCUT2D eigenvalue weighted by Gasteiger charge is -2.29. The van der Waals surface area contributed by atoms with Crippen molar-refractivity contribution in [2.45, 2.75) is 31.8 Å².